The lowest BCUT2D eigenvalue weighted by molar-refractivity contribution is -0.186. The number of likely N-dealkylation sites (tertiary alicyclic amines) is 1. The number of halogens is 4. The molecule has 118 valence electrons. The minimum absolute atomic E-state index is 0.0447. The third kappa shape index (κ3) is 4.20. The Labute approximate surface area is 131 Å². The first-order chi connectivity index (χ1) is 9.79. The topological polar surface area (TPSA) is 29.3 Å². The second kappa shape index (κ2) is 6.67. The maximum absolute atomic E-state index is 12.8. The molecule has 1 aliphatic heterocycles. The third-order valence-corrected chi connectivity index (χ3v) is 4.57. The van der Waals surface area contributed by atoms with Crippen LogP contribution in [0.2, 0.25) is 0 Å². The Bertz CT molecular complexity index is 468. The highest BCUT2D eigenvalue weighted by molar-refractivity contribution is 9.10. The summed E-state index contributed by atoms with van der Waals surface area (Å²) in [6.07, 6.45) is -3.77. The van der Waals surface area contributed by atoms with Crippen molar-refractivity contribution in [2.45, 2.75) is 38.0 Å². The minimum atomic E-state index is -4.08. The lowest BCUT2D eigenvalue weighted by atomic mass is 9.92. The molecule has 0 spiro atoms. The number of rotatable bonds is 3. The van der Waals surface area contributed by atoms with Crippen LogP contribution < -0.4 is 5.73 Å². The molecule has 0 amide bonds. The summed E-state index contributed by atoms with van der Waals surface area (Å²) in [5.74, 6) is -1.18. The normalized spacial score (nSPS) is 21.2. The Morgan fingerprint density at radius 3 is 2.38 bits per heavy atom. The summed E-state index contributed by atoms with van der Waals surface area (Å²) < 4.78 is 39.2. The van der Waals surface area contributed by atoms with Crippen LogP contribution >= 0.6 is 15.9 Å². The molecule has 0 saturated carbocycles. The second-order valence-corrected chi connectivity index (χ2v) is 6.63. The van der Waals surface area contributed by atoms with Crippen LogP contribution in [0.1, 0.15) is 31.4 Å². The lowest BCUT2D eigenvalue weighted by Gasteiger charge is -2.40. The molecule has 1 heterocycles. The summed E-state index contributed by atoms with van der Waals surface area (Å²) in [4.78, 5) is 2.08. The maximum atomic E-state index is 12.8. The molecular weight excluding hydrogens is 345 g/mol. The van der Waals surface area contributed by atoms with Gasteiger partial charge < -0.3 is 5.73 Å². The standard InChI is InChI=1S/C15H20BrF3N2/c1-10(20)14(11-3-2-4-13(16)9-11)21-7-5-12(6-8-21)15(17,18)19/h2-4,9-10,12,14H,5-8,20H2,1H3. The maximum Gasteiger partial charge on any atom is 0.391 e. The van der Waals surface area contributed by atoms with E-state index in [4.69, 9.17) is 5.73 Å². The molecule has 2 unspecified atom stereocenters. The van der Waals surface area contributed by atoms with Crippen LogP contribution in [-0.2, 0) is 0 Å². The molecule has 21 heavy (non-hydrogen) atoms. The van der Waals surface area contributed by atoms with Gasteiger partial charge in [-0.2, -0.15) is 13.2 Å². The molecule has 0 aliphatic carbocycles. The zero-order valence-corrected chi connectivity index (χ0v) is 13.5. The third-order valence-electron chi connectivity index (χ3n) is 4.07. The number of piperidine rings is 1. The SMILES string of the molecule is CC(N)C(c1cccc(Br)c1)N1CCC(C(F)(F)F)CC1. The number of benzene rings is 1. The van der Waals surface area contributed by atoms with E-state index in [0.717, 1.165) is 10.0 Å². The van der Waals surface area contributed by atoms with Gasteiger partial charge in [-0.1, -0.05) is 28.1 Å². The van der Waals surface area contributed by atoms with E-state index in [0.29, 0.717) is 13.1 Å². The highest BCUT2D eigenvalue weighted by Crippen LogP contribution is 2.37. The van der Waals surface area contributed by atoms with Gasteiger partial charge in [0.05, 0.1) is 5.92 Å². The van der Waals surface area contributed by atoms with Gasteiger partial charge in [-0.3, -0.25) is 4.90 Å². The van der Waals surface area contributed by atoms with Crippen LogP contribution in [0.5, 0.6) is 0 Å². The average Bonchev–Trinajstić information content (AvgIpc) is 2.38. The molecule has 2 nitrogen and oxygen atoms in total. The molecule has 2 N–H and O–H groups in total. The zero-order valence-electron chi connectivity index (χ0n) is 11.9. The van der Waals surface area contributed by atoms with Gasteiger partial charge in [0.15, 0.2) is 0 Å². The molecule has 2 rings (SSSR count). The van der Waals surface area contributed by atoms with E-state index in [1.54, 1.807) is 0 Å². The van der Waals surface area contributed by atoms with Crippen molar-refractivity contribution < 1.29 is 13.2 Å². The number of nitrogens with two attached hydrogens (primary N) is 1. The van der Waals surface area contributed by atoms with Crippen molar-refractivity contribution in [2.24, 2.45) is 11.7 Å². The van der Waals surface area contributed by atoms with E-state index >= 15 is 0 Å². The largest absolute Gasteiger partial charge is 0.391 e. The molecule has 1 aromatic carbocycles. The quantitative estimate of drug-likeness (QED) is 0.874. The van der Waals surface area contributed by atoms with Crippen molar-refractivity contribution in [3.05, 3.63) is 34.3 Å². The first-order valence-corrected chi connectivity index (χ1v) is 7.90. The van der Waals surface area contributed by atoms with E-state index in [1.807, 2.05) is 31.2 Å². The summed E-state index contributed by atoms with van der Waals surface area (Å²) in [7, 11) is 0. The number of hydrogen-bond donors (Lipinski definition) is 1. The fraction of sp³-hybridized carbons (Fsp3) is 0.600. The Hall–Kier alpha value is -0.590. The zero-order chi connectivity index (χ0) is 15.6. The Morgan fingerprint density at radius 1 is 1.29 bits per heavy atom. The first-order valence-electron chi connectivity index (χ1n) is 7.11. The number of nitrogens with zero attached hydrogens (tertiary/aromatic N) is 1. The first kappa shape index (κ1) is 16.8. The summed E-state index contributed by atoms with van der Waals surface area (Å²) >= 11 is 3.43. The van der Waals surface area contributed by atoms with E-state index in [9.17, 15) is 13.2 Å². The fourth-order valence-corrected chi connectivity index (χ4v) is 3.46. The highest BCUT2D eigenvalue weighted by Gasteiger charge is 2.42. The van der Waals surface area contributed by atoms with Crippen molar-refractivity contribution in [1.82, 2.24) is 4.90 Å². The van der Waals surface area contributed by atoms with Crippen molar-refractivity contribution in [3.63, 3.8) is 0 Å². The Balaban J connectivity index is 2.11. The summed E-state index contributed by atoms with van der Waals surface area (Å²) in [6.45, 7) is 2.77. The van der Waals surface area contributed by atoms with Gasteiger partial charge in [-0.15, -0.1) is 0 Å². The van der Waals surface area contributed by atoms with Gasteiger partial charge in [0.1, 0.15) is 0 Å². The van der Waals surface area contributed by atoms with Gasteiger partial charge in [-0.05, 0) is 50.6 Å². The molecule has 6 heteroatoms. The predicted octanol–water partition coefficient (Wildman–Crippen LogP) is 4.11. The lowest BCUT2D eigenvalue weighted by Crippen LogP contribution is -2.45. The van der Waals surface area contributed by atoms with Crippen molar-refractivity contribution in [3.8, 4) is 0 Å². The summed E-state index contributed by atoms with van der Waals surface area (Å²) in [5, 5.41) is 0. The smallest absolute Gasteiger partial charge is 0.326 e. The van der Waals surface area contributed by atoms with Crippen LogP contribution in [0.25, 0.3) is 0 Å². The molecule has 0 radical (unpaired) electrons. The van der Waals surface area contributed by atoms with Gasteiger partial charge in [0.2, 0.25) is 0 Å². The van der Waals surface area contributed by atoms with Crippen molar-refractivity contribution in [1.29, 1.82) is 0 Å². The van der Waals surface area contributed by atoms with Crippen LogP contribution in [0, 0.1) is 5.92 Å². The molecule has 1 fully saturated rings. The monoisotopic (exact) mass is 364 g/mol. The molecule has 0 aromatic heterocycles. The van der Waals surface area contributed by atoms with Crippen molar-refractivity contribution in [2.75, 3.05) is 13.1 Å². The molecular formula is C15H20BrF3N2. The molecule has 2 atom stereocenters. The average molecular weight is 365 g/mol. The van der Waals surface area contributed by atoms with Crippen LogP contribution in [0.3, 0.4) is 0 Å². The number of alkyl halides is 3. The minimum Gasteiger partial charge on any atom is -0.326 e. The number of hydrogen-bond acceptors (Lipinski definition) is 2. The van der Waals surface area contributed by atoms with Crippen LogP contribution in [0.4, 0.5) is 13.2 Å². The highest BCUT2D eigenvalue weighted by atomic mass is 79.9. The van der Waals surface area contributed by atoms with Crippen molar-refractivity contribution >= 4 is 15.9 Å². The van der Waals surface area contributed by atoms with Crippen LogP contribution in [0.15, 0.2) is 28.7 Å². The fourth-order valence-electron chi connectivity index (χ4n) is 3.04. The Morgan fingerprint density at radius 2 is 1.90 bits per heavy atom. The molecule has 0 bridgehead atoms. The van der Waals surface area contributed by atoms with Gasteiger partial charge >= 0.3 is 6.18 Å². The van der Waals surface area contributed by atoms with E-state index < -0.39 is 12.1 Å². The van der Waals surface area contributed by atoms with E-state index in [2.05, 4.69) is 20.8 Å². The van der Waals surface area contributed by atoms with Crippen LogP contribution in [-0.4, -0.2) is 30.2 Å². The summed E-state index contributed by atoms with van der Waals surface area (Å²) in [6, 6.07) is 7.64. The van der Waals surface area contributed by atoms with Gasteiger partial charge in [0.25, 0.3) is 0 Å². The predicted molar refractivity (Wildman–Crippen MR) is 80.9 cm³/mol. The van der Waals surface area contributed by atoms with Gasteiger partial charge in [-0.25, -0.2) is 0 Å². The van der Waals surface area contributed by atoms with Gasteiger partial charge in [0, 0.05) is 16.6 Å². The summed E-state index contributed by atoms with van der Waals surface area (Å²) in [5.41, 5.74) is 7.14. The second-order valence-electron chi connectivity index (χ2n) is 5.71. The van der Waals surface area contributed by atoms with E-state index in [1.165, 1.54) is 0 Å². The Kier molecular flexibility index (Phi) is 5.33. The van der Waals surface area contributed by atoms with E-state index in [-0.39, 0.29) is 24.9 Å². The molecule has 1 aliphatic rings. The molecule has 1 saturated heterocycles. The molecule has 1 aromatic rings.